The molecule has 0 saturated carbocycles. The first-order chi connectivity index (χ1) is 5.25. The van der Waals surface area contributed by atoms with Gasteiger partial charge in [-0.25, -0.2) is 0 Å². The lowest BCUT2D eigenvalue weighted by molar-refractivity contribution is -0.122. The maximum Gasteiger partial charge on any atom is 0.234 e. The van der Waals surface area contributed by atoms with E-state index in [1.54, 1.807) is 0 Å². The van der Waals surface area contributed by atoms with Crippen LogP contribution in [0.25, 0.3) is 0 Å². The minimum absolute atomic E-state index is 0.126. The molecule has 62 valence electrons. The molecule has 4 nitrogen and oxygen atoms in total. The summed E-state index contributed by atoms with van der Waals surface area (Å²) in [4.78, 5) is 13.2. The Morgan fingerprint density at radius 3 is 3.00 bits per heavy atom. The summed E-state index contributed by atoms with van der Waals surface area (Å²) in [5.41, 5.74) is 0. The first-order valence-electron chi connectivity index (χ1n) is 3.97. The maximum absolute atomic E-state index is 10.9. The van der Waals surface area contributed by atoms with E-state index >= 15 is 0 Å². The number of carbonyl (C=O) groups excluding carboxylic acids is 1. The molecule has 2 saturated heterocycles. The quantitative estimate of drug-likeness (QED) is 0.442. The largest absolute Gasteiger partial charge is 0.349 e. The molecule has 0 spiro atoms. The molecule has 2 atom stereocenters. The zero-order chi connectivity index (χ0) is 7.84. The number of carbonyl (C=O) groups is 1. The van der Waals surface area contributed by atoms with E-state index in [0.717, 1.165) is 13.1 Å². The average Bonchev–Trinajstić information content (AvgIpc) is 2.27. The second-order valence-electron chi connectivity index (χ2n) is 3.38. The molecule has 0 aromatic carbocycles. The van der Waals surface area contributed by atoms with Crippen molar-refractivity contribution in [3.05, 3.63) is 0 Å². The number of nitrogens with one attached hydrogen (secondary N) is 2. The number of hydrogen-bond acceptors (Lipinski definition) is 3. The summed E-state index contributed by atoms with van der Waals surface area (Å²) in [7, 11) is 2.08. The van der Waals surface area contributed by atoms with Crippen molar-refractivity contribution in [3.63, 3.8) is 0 Å². The monoisotopic (exact) mass is 155 g/mol. The summed E-state index contributed by atoms with van der Waals surface area (Å²) in [5.74, 6) is 0.126. The van der Waals surface area contributed by atoms with Crippen molar-refractivity contribution in [2.24, 2.45) is 0 Å². The molecule has 2 fully saturated rings. The fourth-order valence-corrected chi connectivity index (χ4v) is 1.84. The van der Waals surface area contributed by atoms with Crippen molar-refractivity contribution >= 4 is 5.91 Å². The van der Waals surface area contributed by atoms with E-state index in [9.17, 15) is 4.79 Å². The van der Waals surface area contributed by atoms with Crippen LogP contribution in [-0.4, -0.2) is 49.6 Å². The second-order valence-corrected chi connectivity index (χ2v) is 3.38. The van der Waals surface area contributed by atoms with E-state index in [1.807, 2.05) is 0 Å². The van der Waals surface area contributed by atoms with Gasteiger partial charge in [0.1, 0.15) is 0 Å². The van der Waals surface area contributed by atoms with Gasteiger partial charge in [-0.1, -0.05) is 0 Å². The average molecular weight is 155 g/mol. The Balaban J connectivity index is 2.02. The number of likely N-dealkylation sites (tertiary alicyclic amines) is 1. The number of likely N-dealkylation sites (N-methyl/N-ethyl adjacent to an activating group) is 1. The number of rotatable bonds is 0. The third-order valence-electron chi connectivity index (χ3n) is 2.37. The summed E-state index contributed by atoms with van der Waals surface area (Å²) >= 11 is 0. The van der Waals surface area contributed by atoms with Crippen LogP contribution >= 0.6 is 0 Å². The molecule has 2 aliphatic rings. The Morgan fingerprint density at radius 1 is 1.45 bits per heavy atom. The molecule has 2 aliphatic heterocycles. The Bertz CT molecular complexity index is 183. The number of amides is 1. The molecule has 4 heteroatoms. The van der Waals surface area contributed by atoms with Crippen molar-refractivity contribution in [2.75, 3.05) is 26.7 Å². The number of piperazine rings is 1. The smallest absolute Gasteiger partial charge is 0.234 e. The molecule has 0 aliphatic carbocycles. The third-order valence-corrected chi connectivity index (χ3v) is 2.37. The molecule has 0 aromatic rings. The lowest BCUT2D eigenvalue weighted by atomic mass is 10.1. The Morgan fingerprint density at radius 2 is 2.18 bits per heavy atom. The van der Waals surface area contributed by atoms with Gasteiger partial charge in [-0.2, -0.15) is 0 Å². The van der Waals surface area contributed by atoms with Crippen LogP contribution in [0.5, 0.6) is 0 Å². The van der Waals surface area contributed by atoms with E-state index in [0.29, 0.717) is 18.6 Å². The molecule has 0 unspecified atom stereocenters. The van der Waals surface area contributed by atoms with Crippen LogP contribution in [0, 0.1) is 0 Å². The van der Waals surface area contributed by atoms with Crippen LogP contribution < -0.4 is 10.6 Å². The molecule has 2 rings (SSSR count). The molecule has 2 heterocycles. The SMILES string of the molecule is CN1C[C@@H]2NCC(=O)N[C@H]2C1. The van der Waals surface area contributed by atoms with Crippen molar-refractivity contribution < 1.29 is 4.79 Å². The van der Waals surface area contributed by atoms with Crippen LogP contribution in [0.3, 0.4) is 0 Å². The number of nitrogens with zero attached hydrogens (tertiary/aromatic N) is 1. The standard InChI is InChI=1S/C7H13N3O/c1-10-3-5-6(4-10)9-7(11)2-8-5/h5-6,8H,2-4H2,1H3,(H,9,11)/t5-,6-/m0/s1. The summed E-state index contributed by atoms with van der Waals surface area (Å²) < 4.78 is 0. The Hall–Kier alpha value is -0.610. The van der Waals surface area contributed by atoms with Crippen LogP contribution in [0.2, 0.25) is 0 Å². The van der Waals surface area contributed by atoms with Crippen LogP contribution in [-0.2, 0) is 4.79 Å². The fraction of sp³-hybridized carbons (Fsp3) is 0.857. The summed E-state index contributed by atoms with van der Waals surface area (Å²) in [6, 6.07) is 0.805. The molecule has 0 bridgehead atoms. The first-order valence-corrected chi connectivity index (χ1v) is 3.97. The lowest BCUT2D eigenvalue weighted by Gasteiger charge is -2.26. The Kier molecular flexibility index (Phi) is 1.58. The van der Waals surface area contributed by atoms with E-state index < -0.39 is 0 Å². The summed E-state index contributed by atoms with van der Waals surface area (Å²) in [6.07, 6.45) is 0. The minimum atomic E-state index is 0.126. The summed E-state index contributed by atoms with van der Waals surface area (Å²) in [5, 5.41) is 6.17. The van der Waals surface area contributed by atoms with Crippen LogP contribution in [0.15, 0.2) is 0 Å². The topological polar surface area (TPSA) is 44.4 Å². The number of fused-ring (bicyclic) bond motifs is 1. The maximum atomic E-state index is 10.9. The molecule has 2 N–H and O–H groups in total. The highest BCUT2D eigenvalue weighted by molar-refractivity contribution is 5.79. The zero-order valence-electron chi connectivity index (χ0n) is 6.63. The molecular weight excluding hydrogens is 142 g/mol. The third kappa shape index (κ3) is 1.23. The van der Waals surface area contributed by atoms with Gasteiger partial charge in [0.2, 0.25) is 5.91 Å². The van der Waals surface area contributed by atoms with Gasteiger partial charge in [0, 0.05) is 19.1 Å². The zero-order valence-corrected chi connectivity index (χ0v) is 6.63. The van der Waals surface area contributed by atoms with Crippen molar-refractivity contribution in [3.8, 4) is 0 Å². The molecular formula is C7H13N3O. The lowest BCUT2D eigenvalue weighted by Crippen LogP contribution is -2.58. The van der Waals surface area contributed by atoms with Gasteiger partial charge in [-0.3, -0.25) is 4.79 Å². The van der Waals surface area contributed by atoms with E-state index in [1.165, 1.54) is 0 Å². The van der Waals surface area contributed by atoms with Gasteiger partial charge in [0.25, 0.3) is 0 Å². The van der Waals surface area contributed by atoms with E-state index in [2.05, 4.69) is 22.6 Å². The van der Waals surface area contributed by atoms with Gasteiger partial charge in [-0.05, 0) is 7.05 Å². The van der Waals surface area contributed by atoms with Crippen LogP contribution in [0.1, 0.15) is 0 Å². The predicted molar refractivity (Wildman–Crippen MR) is 41.2 cm³/mol. The second kappa shape index (κ2) is 2.46. The normalized spacial score (nSPS) is 38.5. The van der Waals surface area contributed by atoms with Crippen molar-refractivity contribution in [1.82, 2.24) is 15.5 Å². The highest BCUT2D eigenvalue weighted by Gasteiger charge is 2.34. The van der Waals surface area contributed by atoms with Gasteiger partial charge >= 0.3 is 0 Å². The fourth-order valence-electron chi connectivity index (χ4n) is 1.84. The molecule has 0 radical (unpaired) electrons. The Labute approximate surface area is 65.9 Å². The van der Waals surface area contributed by atoms with Crippen molar-refractivity contribution in [2.45, 2.75) is 12.1 Å². The van der Waals surface area contributed by atoms with Gasteiger partial charge < -0.3 is 15.5 Å². The van der Waals surface area contributed by atoms with Crippen molar-refractivity contribution in [1.29, 1.82) is 0 Å². The summed E-state index contributed by atoms with van der Waals surface area (Å²) in [6.45, 7) is 2.50. The van der Waals surface area contributed by atoms with E-state index in [-0.39, 0.29) is 5.91 Å². The van der Waals surface area contributed by atoms with Gasteiger partial charge in [0.15, 0.2) is 0 Å². The van der Waals surface area contributed by atoms with Crippen LogP contribution in [0.4, 0.5) is 0 Å². The number of hydrogen-bond donors (Lipinski definition) is 2. The molecule has 11 heavy (non-hydrogen) atoms. The minimum Gasteiger partial charge on any atom is -0.349 e. The molecule has 0 aromatic heterocycles. The molecule has 1 amide bonds. The van der Waals surface area contributed by atoms with Gasteiger partial charge in [0.05, 0.1) is 12.6 Å². The highest BCUT2D eigenvalue weighted by atomic mass is 16.2. The predicted octanol–water partition coefficient (Wildman–Crippen LogP) is -1.61. The van der Waals surface area contributed by atoms with E-state index in [4.69, 9.17) is 0 Å². The highest BCUT2D eigenvalue weighted by Crippen LogP contribution is 2.09. The first kappa shape index (κ1) is 7.06. The van der Waals surface area contributed by atoms with Gasteiger partial charge in [-0.15, -0.1) is 0 Å².